The lowest BCUT2D eigenvalue weighted by molar-refractivity contribution is -0.138. The van der Waals surface area contributed by atoms with E-state index < -0.39 is 5.97 Å². The fraction of sp³-hybridized carbons (Fsp3) is 0.556. The number of ether oxygens (including phenoxy) is 1. The molecule has 0 unspecified atom stereocenters. The third-order valence-corrected chi connectivity index (χ3v) is 7.13. The second kappa shape index (κ2) is 11.1. The molecule has 2 aliphatic rings. The Morgan fingerprint density at radius 2 is 1.89 bits per heavy atom. The summed E-state index contributed by atoms with van der Waals surface area (Å²) in [6, 6.07) is 8.10. The summed E-state index contributed by atoms with van der Waals surface area (Å²) in [7, 11) is 0. The molecule has 1 aromatic carbocycles. The number of carboxylic acids is 1. The molecule has 188 valence electrons. The maximum atomic E-state index is 13.4. The zero-order valence-corrected chi connectivity index (χ0v) is 20.7. The lowest BCUT2D eigenvalue weighted by Crippen LogP contribution is -2.32. The smallest absolute Gasteiger partial charge is 0.303 e. The number of rotatable bonds is 8. The van der Waals surface area contributed by atoms with Gasteiger partial charge in [0.1, 0.15) is 23.8 Å². The van der Waals surface area contributed by atoms with Gasteiger partial charge in [0.05, 0.1) is 6.54 Å². The Hall–Kier alpha value is -3.16. The van der Waals surface area contributed by atoms with Gasteiger partial charge in [-0.25, -0.2) is 4.98 Å². The van der Waals surface area contributed by atoms with Gasteiger partial charge in [-0.15, -0.1) is 0 Å². The Kier molecular flexibility index (Phi) is 7.88. The summed E-state index contributed by atoms with van der Waals surface area (Å²) in [6.45, 7) is 5.09. The second-order valence-corrected chi connectivity index (χ2v) is 10.2. The number of hydrogen-bond acceptors (Lipinski definition) is 6. The maximum Gasteiger partial charge on any atom is 0.303 e. The number of nitrogen functional groups attached to an aromatic ring is 1. The first kappa shape index (κ1) is 24.9. The molecule has 1 saturated carbocycles. The van der Waals surface area contributed by atoms with E-state index in [0.29, 0.717) is 37.2 Å². The molecule has 2 aromatic rings. The zero-order valence-electron chi connectivity index (χ0n) is 20.7. The summed E-state index contributed by atoms with van der Waals surface area (Å²) in [6.07, 6.45) is 6.88. The highest BCUT2D eigenvalue weighted by atomic mass is 16.5. The minimum absolute atomic E-state index is 0.168. The van der Waals surface area contributed by atoms with E-state index in [9.17, 15) is 9.59 Å². The van der Waals surface area contributed by atoms with Crippen molar-refractivity contribution < 1.29 is 19.4 Å². The van der Waals surface area contributed by atoms with Crippen LogP contribution in [-0.4, -0.2) is 40.1 Å². The van der Waals surface area contributed by atoms with E-state index in [2.05, 4.69) is 35.9 Å². The van der Waals surface area contributed by atoms with Crippen molar-refractivity contribution in [3.05, 3.63) is 41.2 Å². The van der Waals surface area contributed by atoms with Crippen LogP contribution in [-0.2, 0) is 11.2 Å². The van der Waals surface area contributed by atoms with Crippen molar-refractivity contribution in [1.29, 1.82) is 0 Å². The topological polar surface area (TPSA) is 119 Å². The van der Waals surface area contributed by atoms with Crippen molar-refractivity contribution >= 4 is 23.4 Å². The number of anilines is 2. The molecule has 8 heteroatoms. The molecule has 0 atom stereocenters. The van der Waals surface area contributed by atoms with E-state index in [1.807, 2.05) is 12.1 Å². The molecule has 1 amide bonds. The van der Waals surface area contributed by atoms with Crippen molar-refractivity contribution in [3.63, 3.8) is 0 Å². The normalized spacial score (nSPS) is 20.3. The largest absolute Gasteiger partial charge is 0.481 e. The number of hydrogen-bond donors (Lipinski definition) is 2. The van der Waals surface area contributed by atoms with Crippen LogP contribution in [0.15, 0.2) is 24.3 Å². The van der Waals surface area contributed by atoms with E-state index in [1.54, 1.807) is 4.90 Å². The zero-order chi connectivity index (χ0) is 24.9. The van der Waals surface area contributed by atoms with Crippen molar-refractivity contribution in [1.82, 2.24) is 9.97 Å². The molecule has 1 fully saturated rings. The van der Waals surface area contributed by atoms with Crippen LogP contribution in [0, 0.1) is 11.8 Å². The third-order valence-electron chi connectivity index (χ3n) is 7.13. The highest BCUT2D eigenvalue weighted by Gasteiger charge is 2.30. The van der Waals surface area contributed by atoms with Crippen LogP contribution in [0.2, 0.25) is 0 Å². The van der Waals surface area contributed by atoms with Gasteiger partial charge in [0.25, 0.3) is 5.91 Å². The van der Waals surface area contributed by atoms with Crippen LogP contribution in [0.4, 0.5) is 11.5 Å². The first-order valence-corrected chi connectivity index (χ1v) is 12.7. The number of nitrogens with zero attached hydrogens (tertiary/aromatic N) is 3. The number of nitrogens with two attached hydrogens (primary N) is 1. The summed E-state index contributed by atoms with van der Waals surface area (Å²) in [5.41, 5.74) is 8.47. The fourth-order valence-electron chi connectivity index (χ4n) is 5.18. The Bertz CT molecular complexity index is 1050. The van der Waals surface area contributed by atoms with Crippen molar-refractivity contribution in [2.24, 2.45) is 11.8 Å². The van der Waals surface area contributed by atoms with E-state index in [4.69, 9.17) is 15.6 Å². The van der Waals surface area contributed by atoms with E-state index >= 15 is 0 Å². The molecule has 0 saturated heterocycles. The van der Waals surface area contributed by atoms with Crippen LogP contribution < -0.4 is 15.4 Å². The molecule has 4 rings (SSSR count). The Balaban J connectivity index is 1.45. The van der Waals surface area contributed by atoms with Gasteiger partial charge in [-0.05, 0) is 67.6 Å². The molecule has 1 aliphatic carbocycles. The maximum absolute atomic E-state index is 13.4. The molecule has 35 heavy (non-hydrogen) atoms. The number of carboxylic acid groups (broad SMARTS) is 1. The minimum atomic E-state index is -0.709. The summed E-state index contributed by atoms with van der Waals surface area (Å²) in [5, 5.41) is 9.03. The standard InChI is InChI=1S/C27H36N4O4/c1-17(2)4-3-5-22-29-25(28)24-26(30-22)35-15-14-31(27(24)34)21-12-10-20(11-13-21)19-8-6-18(7-9-19)16-23(32)33/h10-13,17-19H,3-9,14-16H2,1-2H3,(H,32,33)(H2,28,29,30)/t18-,19-. The number of aromatic nitrogens is 2. The quantitative estimate of drug-likeness (QED) is 0.556. The number of carbonyl (C=O) groups is 2. The first-order valence-electron chi connectivity index (χ1n) is 12.7. The van der Waals surface area contributed by atoms with Gasteiger partial charge in [-0.3, -0.25) is 9.59 Å². The Morgan fingerprint density at radius 1 is 1.17 bits per heavy atom. The number of amides is 1. The molecular formula is C27H36N4O4. The highest BCUT2D eigenvalue weighted by Crippen LogP contribution is 2.38. The summed E-state index contributed by atoms with van der Waals surface area (Å²) in [5.74, 6) is 1.42. The monoisotopic (exact) mass is 480 g/mol. The molecule has 1 aromatic heterocycles. The van der Waals surface area contributed by atoms with E-state index in [0.717, 1.165) is 44.2 Å². The van der Waals surface area contributed by atoms with Crippen LogP contribution in [0.3, 0.4) is 0 Å². The fourth-order valence-corrected chi connectivity index (χ4v) is 5.18. The third kappa shape index (κ3) is 6.10. The minimum Gasteiger partial charge on any atom is -0.481 e. The number of fused-ring (bicyclic) bond motifs is 1. The summed E-state index contributed by atoms with van der Waals surface area (Å²) >= 11 is 0. The van der Waals surface area contributed by atoms with Crippen molar-refractivity contribution in [3.8, 4) is 5.88 Å². The Morgan fingerprint density at radius 3 is 2.54 bits per heavy atom. The van der Waals surface area contributed by atoms with Crippen molar-refractivity contribution in [2.45, 2.75) is 71.1 Å². The number of aryl methyl sites for hydroxylation is 1. The van der Waals surface area contributed by atoms with Gasteiger partial charge < -0.3 is 20.5 Å². The molecule has 8 nitrogen and oxygen atoms in total. The number of carbonyl (C=O) groups excluding carboxylic acids is 1. The SMILES string of the molecule is CC(C)CCCc1nc(N)c2c(n1)OCCN(c1ccc([C@H]3CC[C@H](CC(=O)O)CC3)cc1)C2=O. The molecule has 3 N–H and O–H groups in total. The van der Waals surface area contributed by atoms with Crippen LogP contribution in [0.5, 0.6) is 5.88 Å². The van der Waals surface area contributed by atoms with Gasteiger partial charge in [0.15, 0.2) is 0 Å². The van der Waals surface area contributed by atoms with Gasteiger partial charge in [-0.2, -0.15) is 4.98 Å². The second-order valence-electron chi connectivity index (χ2n) is 10.2. The van der Waals surface area contributed by atoms with Crippen LogP contribution in [0.25, 0.3) is 0 Å². The molecule has 0 radical (unpaired) electrons. The number of aliphatic carboxylic acids is 1. The average Bonchev–Trinajstić information content (AvgIpc) is 2.98. The summed E-state index contributed by atoms with van der Waals surface area (Å²) in [4.78, 5) is 35.0. The Labute approximate surface area is 206 Å². The van der Waals surface area contributed by atoms with Gasteiger partial charge in [0.2, 0.25) is 5.88 Å². The lowest BCUT2D eigenvalue weighted by Gasteiger charge is -2.28. The van der Waals surface area contributed by atoms with Crippen LogP contribution >= 0.6 is 0 Å². The van der Waals surface area contributed by atoms with Gasteiger partial charge >= 0.3 is 5.97 Å². The average molecular weight is 481 g/mol. The van der Waals surface area contributed by atoms with Crippen LogP contribution in [0.1, 0.15) is 86.5 Å². The van der Waals surface area contributed by atoms with Gasteiger partial charge in [0, 0.05) is 18.5 Å². The van der Waals surface area contributed by atoms with E-state index in [1.165, 1.54) is 5.56 Å². The predicted molar refractivity (Wildman–Crippen MR) is 135 cm³/mol. The molecule has 0 spiro atoms. The molecular weight excluding hydrogens is 444 g/mol. The summed E-state index contributed by atoms with van der Waals surface area (Å²) < 4.78 is 5.84. The molecule has 0 bridgehead atoms. The van der Waals surface area contributed by atoms with E-state index in [-0.39, 0.29) is 35.5 Å². The van der Waals surface area contributed by atoms with Gasteiger partial charge in [-0.1, -0.05) is 32.4 Å². The lowest BCUT2D eigenvalue weighted by atomic mass is 9.77. The molecule has 1 aliphatic heterocycles. The molecule has 2 heterocycles. The first-order chi connectivity index (χ1) is 16.8. The number of benzene rings is 1. The van der Waals surface area contributed by atoms with Crippen molar-refractivity contribution in [2.75, 3.05) is 23.8 Å². The highest BCUT2D eigenvalue weighted by molar-refractivity contribution is 6.10. The predicted octanol–water partition coefficient (Wildman–Crippen LogP) is 4.83.